The number of halogens is 2. The Bertz CT molecular complexity index is 1270. The number of rotatable bonds is 7. The lowest BCUT2D eigenvalue weighted by molar-refractivity contribution is -0.122. The predicted molar refractivity (Wildman–Crippen MR) is 131 cm³/mol. The molecule has 0 bridgehead atoms. The molecule has 33 heavy (non-hydrogen) atoms. The Morgan fingerprint density at radius 3 is 2.21 bits per heavy atom. The molecule has 2 amide bonds. The standard InChI is InChI=1S/C24H20BrClN2O4S/c25-18-6-10-20(11-7-18)28-23(29)16-22(24(28)30)27(15-14-17-4-2-1-3-5-17)33(31,32)21-12-8-19(26)9-13-21/h1-13,22H,14-16H2. The Morgan fingerprint density at radius 2 is 1.58 bits per heavy atom. The minimum Gasteiger partial charge on any atom is -0.274 e. The molecule has 1 aliphatic rings. The van der Waals surface area contributed by atoms with Crippen molar-refractivity contribution in [2.45, 2.75) is 23.8 Å². The summed E-state index contributed by atoms with van der Waals surface area (Å²) < 4.78 is 29.1. The maximum Gasteiger partial charge on any atom is 0.252 e. The maximum absolute atomic E-state index is 13.6. The summed E-state index contributed by atoms with van der Waals surface area (Å²) in [4.78, 5) is 27.2. The average Bonchev–Trinajstić information content (AvgIpc) is 3.09. The van der Waals surface area contributed by atoms with Gasteiger partial charge in [-0.1, -0.05) is 57.9 Å². The monoisotopic (exact) mass is 546 g/mol. The first-order chi connectivity index (χ1) is 15.8. The zero-order valence-corrected chi connectivity index (χ0v) is 20.6. The molecule has 1 fully saturated rings. The summed E-state index contributed by atoms with van der Waals surface area (Å²) in [6.45, 7) is 0.0484. The van der Waals surface area contributed by atoms with Crippen molar-refractivity contribution in [3.8, 4) is 0 Å². The molecule has 1 unspecified atom stereocenters. The molecule has 1 aliphatic heterocycles. The van der Waals surface area contributed by atoms with Gasteiger partial charge in [0.05, 0.1) is 17.0 Å². The fourth-order valence-corrected chi connectivity index (χ4v) is 5.74. The first-order valence-corrected chi connectivity index (χ1v) is 12.8. The van der Waals surface area contributed by atoms with Gasteiger partial charge in [-0.2, -0.15) is 4.31 Å². The SMILES string of the molecule is O=C1CC(N(CCc2ccccc2)S(=O)(=O)c2ccc(Cl)cc2)C(=O)N1c1ccc(Br)cc1. The lowest BCUT2D eigenvalue weighted by Crippen LogP contribution is -2.46. The Kier molecular flexibility index (Phi) is 6.99. The van der Waals surface area contributed by atoms with Crippen LogP contribution in [0.15, 0.2) is 88.2 Å². The third kappa shape index (κ3) is 5.04. The summed E-state index contributed by atoms with van der Waals surface area (Å²) in [7, 11) is -4.07. The molecule has 0 N–H and O–H groups in total. The fraction of sp³-hybridized carbons (Fsp3) is 0.167. The quantitative estimate of drug-likeness (QED) is 0.403. The average molecular weight is 548 g/mol. The number of hydrogen-bond acceptors (Lipinski definition) is 4. The topological polar surface area (TPSA) is 74.8 Å². The summed E-state index contributed by atoms with van der Waals surface area (Å²) in [6.07, 6.45) is 0.167. The summed E-state index contributed by atoms with van der Waals surface area (Å²) in [6, 6.07) is 20.8. The van der Waals surface area contributed by atoms with Gasteiger partial charge >= 0.3 is 0 Å². The molecule has 1 saturated heterocycles. The summed E-state index contributed by atoms with van der Waals surface area (Å²) in [5.74, 6) is -1.00. The summed E-state index contributed by atoms with van der Waals surface area (Å²) in [5, 5.41) is 0.401. The van der Waals surface area contributed by atoms with Crippen LogP contribution < -0.4 is 4.90 Å². The molecule has 0 saturated carbocycles. The lowest BCUT2D eigenvalue weighted by atomic mass is 10.1. The van der Waals surface area contributed by atoms with Gasteiger partial charge in [0, 0.05) is 16.0 Å². The highest BCUT2D eigenvalue weighted by Crippen LogP contribution is 2.30. The van der Waals surface area contributed by atoms with Crippen LogP contribution in [0.1, 0.15) is 12.0 Å². The number of nitrogens with zero attached hydrogens (tertiary/aromatic N) is 2. The Hall–Kier alpha value is -2.52. The second kappa shape index (κ2) is 9.77. The van der Waals surface area contributed by atoms with Crippen LogP contribution in [0.4, 0.5) is 5.69 Å². The molecule has 6 nitrogen and oxygen atoms in total. The van der Waals surface area contributed by atoms with Gasteiger partial charge in [0.1, 0.15) is 6.04 Å². The van der Waals surface area contributed by atoms with Crippen molar-refractivity contribution in [3.05, 3.63) is 93.9 Å². The molecule has 4 rings (SSSR count). The molecule has 170 valence electrons. The molecular formula is C24H20BrClN2O4S. The molecule has 3 aromatic carbocycles. The zero-order valence-electron chi connectivity index (χ0n) is 17.4. The molecule has 1 heterocycles. The highest BCUT2D eigenvalue weighted by atomic mass is 79.9. The van der Waals surface area contributed by atoms with Crippen molar-refractivity contribution in [3.63, 3.8) is 0 Å². The van der Waals surface area contributed by atoms with E-state index >= 15 is 0 Å². The number of imide groups is 1. The van der Waals surface area contributed by atoms with Gasteiger partial charge in [0.2, 0.25) is 15.9 Å². The van der Waals surface area contributed by atoms with Gasteiger partial charge < -0.3 is 0 Å². The third-order valence-electron chi connectivity index (χ3n) is 5.44. The molecule has 0 radical (unpaired) electrons. The molecule has 9 heteroatoms. The van der Waals surface area contributed by atoms with Gasteiger partial charge in [-0.25, -0.2) is 13.3 Å². The van der Waals surface area contributed by atoms with Crippen LogP contribution >= 0.6 is 27.5 Å². The summed E-state index contributed by atoms with van der Waals surface area (Å²) >= 11 is 9.27. The van der Waals surface area contributed by atoms with E-state index in [0.717, 1.165) is 19.2 Å². The van der Waals surface area contributed by atoms with Gasteiger partial charge in [0.15, 0.2) is 0 Å². The minimum absolute atomic E-state index is 0.0160. The highest BCUT2D eigenvalue weighted by molar-refractivity contribution is 9.10. The predicted octanol–water partition coefficient (Wildman–Crippen LogP) is 4.67. The number of amides is 2. The van der Waals surface area contributed by atoms with Gasteiger partial charge in [-0.05, 0) is 60.5 Å². The van der Waals surface area contributed by atoms with Crippen LogP contribution in [-0.4, -0.2) is 37.1 Å². The first-order valence-electron chi connectivity index (χ1n) is 10.2. The zero-order chi connectivity index (χ0) is 23.6. The van der Waals surface area contributed by atoms with E-state index in [9.17, 15) is 18.0 Å². The van der Waals surface area contributed by atoms with Gasteiger partial charge in [0.25, 0.3) is 5.91 Å². The van der Waals surface area contributed by atoms with Crippen molar-refractivity contribution in [1.82, 2.24) is 4.31 Å². The number of carbonyl (C=O) groups excluding carboxylic acids is 2. The van der Waals surface area contributed by atoms with Crippen LogP contribution in [0.5, 0.6) is 0 Å². The molecule has 0 aliphatic carbocycles. The number of benzene rings is 3. The normalized spacial score (nSPS) is 16.6. The molecule has 1 atom stereocenters. The van der Waals surface area contributed by atoms with E-state index in [1.807, 2.05) is 30.3 Å². The van der Waals surface area contributed by atoms with Crippen molar-refractivity contribution >= 4 is 55.1 Å². The van der Waals surface area contributed by atoms with Crippen molar-refractivity contribution in [2.75, 3.05) is 11.4 Å². The number of carbonyl (C=O) groups is 2. The number of anilines is 1. The van der Waals surface area contributed by atoms with Crippen LogP contribution in [0.25, 0.3) is 0 Å². The van der Waals surface area contributed by atoms with Crippen molar-refractivity contribution < 1.29 is 18.0 Å². The van der Waals surface area contributed by atoms with Crippen LogP contribution in [0, 0.1) is 0 Å². The van der Waals surface area contributed by atoms with E-state index in [2.05, 4.69) is 15.9 Å². The maximum atomic E-state index is 13.6. The molecule has 0 spiro atoms. The van der Waals surface area contributed by atoms with Crippen LogP contribution in [0.3, 0.4) is 0 Å². The van der Waals surface area contributed by atoms with E-state index in [1.54, 1.807) is 24.3 Å². The molecular weight excluding hydrogens is 528 g/mol. The van der Waals surface area contributed by atoms with E-state index < -0.39 is 27.9 Å². The van der Waals surface area contributed by atoms with Crippen molar-refractivity contribution in [1.29, 1.82) is 0 Å². The second-order valence-corrected chi connectivity index (χ2v) is 10.8. The number of sulfonamides is 1. The largest absolute Gasteiger partial charge is 0.274 e. The second-order valence-electron chi connectivity index (χ2n) is 7.57. The van der Waals surface area contributed by atoms with Gasteiger partial charge in [-0.3, -0.25) is 9.59 Å². The van der Waals surface area contributed by atoms with Crippen molar-refractivity contribution in [2.24, 2.45) is 0 Å². The highest BCUT2D eigenvalue weighted by Gasteiger charge is 2.46. The van der Waals surface area contributed by atoms with E-state index in [-0.39, 0.29) is 17.9 Å². The molecule has 3 aromatic rings. The Balaban J connectivity index is 1.69. The Morgan fingerprint density at radius 1 is 0.939 bits per heavy atom. The Labute approximate surface area is 206 Å². The lowest BCUT2D eigenvalue weighted by Gasteiger charge is -2.27. The van der Waals surface area contributed by atoms with Crippen LogP contribution in [-0.2, 0) is 26.0 Å². The van der Waals surface area contributed by atoms with E-state index in [0.29, 0.717) is 17.1 Å². The van der Waals surface area contributed by atoms with Gasteiger partial charge in [-0.15, -0.1) is 0 Å². The first kappa shape index (κ1) is 23.6. The smallest absolute Gasteiger partial charge is 0.252 e. The minimum atomic E-state index is -4.07. The van der Waals surface area contributed by atoms with E-state index in [4.69, 9.17) is 11.6 Å². The third-order valence-corrected chi connectivity index (χ3v) is 8.14. The van der Waals surface area contributed by atoms with Crippen LogP contribution in [0.2, 0.25) is 5.02 Å². The van der Waals surface area contributed by atoms with E-state index in [1.165, 1.54) is 24.3 Å². The molecule has 0 aromatic heterocycles. The summed E-state index contributed by atoms with van der Waals surface area (Å²) in [5.41, 5.74) is 1.33. The number of hydrogen-bond donors (Lipinski definition) is 0. The fourth-order valence-electron chi connectivity index (χ4n) is 3.77.